The van der Waals surface area contributed by atoms with Gasteiger partial charge in [0.15, 0.2) is 11.5 Å². The van der Waals surface area contributed by atoms with Gasteiger partial charge in [-0.05, 0) is 24.3 Å². The van der Waals surface area contributed by atoms with E-state index in [2.05, 4.69) is 10.5 Å². The molecule has 1 aromatic carbocycles. The Balaban J connectivity index is 1.59. The molecule has 0 unspecified atom stereocenters. The van der Waals surface area contributed by atoms with Gasteiger partial charge in [-0.15, -0.1) is 0 Å². The van der Waals surface area contributed by atoms with E-state index in [9.17, 15) is 13.2 Å². The lowest BCUT2D eigenvalue weighted by Gasteiger charge is -2.24. The van der Waals surface area contributed by atoms with E-state index < -0.39 is 27.2 Å². The van der Waals surface area contributed by atoms with Crippen molar-refractivity contribution in [2.24, 2.45) is 5.10 Å². The highest BCUT2D eigenvalue weighted by molar-refractivity contribution is 7.85. The van der Waals surface area contributed by atoms with Crippen molar-refractivity contribution in [3.8, 4) is 11.5 Å². The van der Waals surface area contributed by atoms with Gasteiger partial charge in [0.05, 0.1) is 6.21 Å². The molecule has 1 amide bonds. The van der Waals surface area contributed by atoms with Gasteiger partial charge in [-0.25, -0.2) is 5.43 Å². The van der Waals surface area contributed by atoms with E-state index >= 15 is 0 Å². The zero-order valence-electron chi connectivity index (χ0n) is 12.1. The number of hydrazone groups is 1. The Bertz CT molecular complexity index is 888. The maximum absolute atomic E-state index is 12.0. The van der Waals surface area contributed by atoms with E-state index in [1.54, 1.807) is 24.3 Å². The predicted molar refractivity (Wildman–Crippen MR) is 80.6 cm³/mol. The fourth-order valence-corrected chi connectivity index (χ4v) is 2.36. The number of hydrogen-bond donors (Lipinski definition) is 2. The van der Waals surface area contributed by atoms with Crippen LogP contribution in [0.25, 0.3) is 0 Å². The number of carbonyl (C=O) groups is 1. The lowest BCUT2D eigenvalue weighted by molar-refractivity contribution is -0.130. The van der Waals surface area contributed by atoms with Crippen LogP contribution in [-0.2, 0) is 14.9 Å². The number of carbonyl (C=O) groups excluding carboxylic acids is 1. The molecule has 1 atom stereocenters. The number of nitrogens with zero attached hydrogens (tertiary/aromatic N) is 1. The van der Waals surface area contributed by atoms with Crippen LogP contribution in [0.4, 0.5) is 0 Å². The second kappa shape index (κ2) is 6.34. The van der Waals surface area contributed by atoms with Gasteiger partial charge in [0.2, 0.25) is 11.2 Å². The van der Waals surface area contributed by atoms with Crippen LogP contribution in [-0.4, -0.2) is 37.8 Å². The third kappa shape index (κ3) is 3.55. The van der Waals surface area contributed by atoms with Crippen molar-refractivity contribution in [2.75, 3.05) is 6.61 Å². The van der Waals surface area contributed by atoms with Gasteiger partial charge in [0.25, 0.3) is 5.91 Å². The second-order valence-corrected chi connectivity index (χ2v) is 6.08. The molecule has 0 saturated carbocycles. The molecule has 24 heavy (non-hydrogen) atoms. The number of furan rings is 1. The SMILES string of the molecule is O=C(N/N=C\c1ccc(S(=O)(=O)O)o1)[C@H]1COc2ccccc2O1. The molecule has 1 aromatic heterocycles. The zero-order chi connectivity index (χ0) is 17.2. The van der Waals surface area contributed by atoms with E-state index in [-0.39, 0.29) is 12.4 Å². The summed E-state index contributed by atoms with van der Waals surface area (Å²) in [6.45, 7) is 0.0338. The third-order valence-electron chi connectivity index (χ3n) is 3.02. The lowest BCUT2D eigenvalue weighted by atomic mass is 10.2. The van der Waals surface area contributed by atoms with E-state index in [1.165, 1.54) is 6.07 Å². The monoisotopic (exact) mass is 352 g/mol. The van der Waals surface area contributed by atoms with Crippen molar-refractivity contribution in [3.05, 3.63) is 42.2 Å². The molecule has 3 rings (SSSR count). The Hall–Kier alpha value is -2.85. The van der Waals surface area contributed by atoms with Gasteiger partial charge in [-0.2, -0.15) is 13.5 Å². The number of fused-ring (bicyclic) bond motifs is 1. The van der Waals surface area contributed by atoms with Crippen LogP contribution in [0.2, 0.25) is 0 Å². The molecule has 1 aliphatic rings. The van der Waals surface area contributed by atoms with Crippen molar-refractivity contribution < 1.29 is 31.7 Å². The first-order valence-corrected chi connectivity index (χ1v) is 8.16. The molecule has 0 aliphatic carbocycles. The summed E-state index contributed by atoms with van der Waals surface area (Å²) >= 11 is 0. The molecule has 9 nitrogen and oxygen atoms in total. The van der Waals surface area contributed by atoms with Gasteiger partial charge in [0, 0.05) is 0 Å². The summed E-state index contributed by atoms with van der Waals surface area (Å²) in [5, 5.41) is 3.02. The van der Waals surface area contributed by atoms with Crippen molar-refractivity contribution in [3.63, 3.8) is 0 Å². The first-order chi connectivity index (χ1) is 11.4. The molecular formula is C14H12N2O7S. The lowest BCUT2D eigenvalue weighted by Crippen LogP contribution is -2.42. The third-order valence-corrected chi connectivity index (χ3v) is 3.75. The van der Waals surface area contributed by atoms with Crippen molar-refractivity contribution in [1.82, 2.24) is 5.43 Å². The molecule has 10 heteroatoms. The summed E-state index contributed by atoms with van der Waals surface area (Å²) in [7, 11) is -4.42. The van der Waals surface area contributed by atoms with Crippen LogP contribution >= 0.6 is 0 Å². The topological polar surface area (TPSA) is 127 Å². The van der Waals surface area contributed by atoms with Crippen LogP contribution < -0.4 is 14.9 Å². The van der Waals surface area contributed by atoms with Crippen LogP contribution in [0.1, 0.15) is 5.76 Å². The minimum absolute atomic E-state index is 0.0338. The Morgan fingerprint density at radius 2 is 2.00 bits per heavy atom. The number of rotatable bonds is 4. The number of nitrogens with one attached hydrogen (secondary N) is 1. The van der Waals surface area contributed by atoms with E-state index in [0.717, 1.165) is 12.3 Å². The highest BCUT2D eigenvalue weighted by Crippen LogP contribution is 2.30. The molecule has 0 saturated heterocycles. The van der Waals surface area contributed by atoms with Crippen LogP contribution in [0.15, 0.2) is 51.0 Å². The molecule has 0 spiro atoms. The van der Waals surface area contributed by atoms with Crippen LogP contribution in [0.5, 0.6) is 11.5 Å². The molecule has 2 aromatic rings. The zero-order valence-corrected chi connectivity index (χ0v) is 12.9. The second-order valence-electron chi connectivity index (χ2n) is 4.73. The summed E-state index contributed by atoms with van der Waals surface area (Å²) in [5.74, 6) is 0.506. The van der Waals surface area contributed by atoms with E-state index in [4.69, 9.17) is 18.4 Å². The molecule has 1 aliphatic heterocycles. The highest BCUT2D eigenvalue weighted by atomic mass is 32.2. The Kier molecular flexibility index (Phi) is 4.23. The van der Waals surface area contributed by atoms with Crippen molar-refractivity contribution in [2.45, 2.75) is 11.2 Å². The number of hydrogen-bond acceptors (Lipinski definition) is 7. The normalized spacial score (nSPS) is 17.0. The summed E-state index contributed by atoms with van der Waals surface area (Å²) < 4.78 is 46.2. The van der Waals surface area contributed by atoms with Crippen molar-refractivity contribution >= 4 is 22.2 Å². The summed E-state index contributed by atoms with van der Waals surface area (Å²) in [6, 6.07) is 9.28. The first-order valence-electron chi connectivity index (χ1n) is 6.72. The van der Waals surface area contributed by atoms with E-state index in [1.807, 2.05) is 0 Å². The Labute approximate surface area is 136 Å². The fourth-order valence-electron chi connectivity index (χ4n) is 1.92. The molecule has 0 radical (unpaired) electrons. The van der Waals surface area contributed by atoms with Gasteiger partial charge < -0.3 is 13.9 Å². The van der Waals surface area contributed by atoms with Crippen LogP contribution in [0.3, 0.4) is 0 Å². The number of benzene rings is 1. The van der Waals surface area contributed by atoms with Crippen LogP contribution in [0, 0.1) is 0 Å². The molecule has 2 N–H and O–H groups in total. The summed E-state index contributed by atoms with van der Waals surface area (Å²) in [4.78, 5) is 12.0. The molecule has 0 fully saturated rings. The smallest absolute Gasteiger partial charge is 0.328 e. The Morgan fingerprint density at radius 3 is 2.71 bits per heavy atom. The quantitative estimate of drug-likeness (QED) is 0.473. The maximum Gasteiger partial charge on any atom is 0.328 e. The Morgan fingerprint density at radius 1 is 1.25 bits per heavy atom. The highest BCUT2D eigenvalue weighted by Gasteiger charge is 2.27. The molecule has 2 heterocycles. The largest absolute Gasteiger partial charge is 0.485 e. The molecule has 126 valence electrons. The van der Waals surface area contributed by atoms with E-state index in [0.29, 0.717) is 11.5 Å². The van der Waals surface area contributed by atoms with Gasteiger partial charge in [0.1, 0.15) is 12.4 Å². The minimum atomic E-state index is -4.42. The fraction of sp³-hybridized carbons (Fsp3) is 0.143. The first kappa shape index (κ1) is 16.0. The standard InChI is InChI=1S/C14H12N2O7S/c17-14(12-8-21-10-3-1-2-4-11(10)23-12)16-15-7-9-5-6-13(22-9)24(18,19)20/h1-7,12H,8H2,(H,16,17)(H,18,19,20)/b15-7-/t12-/m1/s1. The minimum Gasteiger partial charge on any atom is -0.485 e. The number of para-hydroxylation sites is 2. The van der Waals surface area contributed by atoms with Gasteiger partial charge in [-0.3, -0.25) is 9.35 Å². The average molecular weight is 352 g/mol. The summed E-state index contributed by atoms with van der Waals surface area (Å²) in [5.41, 5.74) is 2.23. The maximum atomic E-state index is 12.0. The number of ether oxygens (including phenoxy) is 2. The predicted octanol–water partition coefficient (Wildman–Crippen LogP) is 0.816. The summed E-state index contributed by atoms with van der Waals surface area (Å²) in [6.07, 6.45) is 0.214. The average Bonchev–Trinajstić information content (AvgIpc) is 3.03. The van der Waals surface area contributed by atoms with Gasteiger partial charge in [-0.1, -0.05) is 12.1 Å². The molecule has 0 bridgehead atoms. The van der Waals surface area contributed by atoms with Crippen molar-refractivity contribution in [1.29, 1.82) is 0 Å². The molecular weight excluding hydrogens is 340 g/mol. The number of amides is 1. The van der Waals surface area contributed by atoms with Gasteiger partial charge >= 0.3 is 10.1 Å².